The molecule has 3 rings (SSSR count). The minimum absolute atomic E-state index is 0.185. The molecule has 3 aromatic rings. The number of hydrogen-bond acceptors (Lipinski definition) is 3. The second kappa shape index (κ2) is 10.3. The summed E-state index contributed by atoms with van der Waals surface area (Å²) in [4.78, 5) is 24.2. The summed E-state index contributed by atoms with van der Waals surface area (Å²) < 4.78 is 5.48. The Labute approximate surface area is 177 Å². The van der Waals surface area contributed by atoms with Crippen molar-refractivity contribution in [3.8, 4) is 16.9 Å². The van der Waals surface area contributed by atoms with Crippen molar-refractivity contribution < 1.29 is 14.3 Å². The Hall–Kier alpha value is -3.60. The second-order valence-corrected chi connectivity index (χ2v) is 7.11. The third-order valence-electron chi connectivity index (χ3n) is 5.00. The number of rotatable bonds is 7. The van der Waals surface area contributed by atoms with Crippen LogP contribution in [0.25, 0.3) is 11.1 Å². The van der Waals surface area contributed by atoms with E-state index in [0.717, 1.165) is 17.5 Å². The zero-order chi connectivity index (χ0) is 21.3. The minimum atomic E-state index is -0.435. The van der Waals surface area contributed by atoms with Gasteiger partial charge in [-0.15, -0.1) is 0 Å². The lowest BCUT2D eigenvalue weighted by molar-refractivity contribution is -0.123. The van der Waals surface area contributed by atoms with Gasteiger partial charge in [0.15, 0.2) is 6.61 Å². The summed E-state index contributed by atoms with van der Waals surface area (Å²) in [6.07, 6.45) is 1.07. The Morgan fingerprint density at radius 3 is 2.10 bits per heavy atom. The maximum Gasteiger partial charge on any atom is 0.276 e. The van der Waals surface area contributed by atoms with Crippen molar-refractivity contribution in [2.75, 3.05) is 6.61 Å². The largest absolute Gasteiger partial charge is 0.484 e. The molecule has 0 fully saturated rings. The van der Waals surface area contributed by atoms with Crippen molar-refractivity contribution in [2.45, 2.75) is 26.2 Å². The van der Waals surface area contributed by atoms with Crippen LogP contribution in [0.3, 0.4) is 0 Å². The molecular weight excluding hydrogens is 376 g/mol. The fourth-order valence-electron chi connectivity index (χ4n) is 2.96. The summed E-state index contributed by atoms with van der Waals surface area (Å²) in [5.41, 5.74) is 8.56. The molecule has 0 aromatic heterocycles. The smallest absolute Gasteiger partial charge is 0.276 e. The molecule has 5 nitrogen and oxygen atoms in total. The summed E-state index contributed by atoms with van der Waals surface area (Å²) in [7, 11) is 0. The summed E-state index contributed by atoms with van der Waals surface area (Å²) in [5.74, 6) is 0.274. The number of hydrazine groups is 1. The van der Waals surface area contributed by atoms with Gasteiger partial charge < -0.3 is 4.74 Å². The van der Waals surface area contributed by atoms with E-state index in [1.807, 2.05) is 66.7 Å². The van der Waals surface area contributed by atoms with E-state index in [4.69, 9.17) is 4.74 Å². The third-order valence-corrected chi connectivity index (χ3v) is 5.00. The Morgan fingerprint density at radius 2 is 1.47 bits per heavy atom. The van der Waals surface area contributed by atoms with Crippen molar-refractivity contribution in [3.63, 3.8) is 0 Å². The van der Waals surface area contributed by atoms with Crippen molar-refractivity contribution in [2.24, 2.45) is 0 Å². The molecule has 0 spiro atoms. The molecule has 0 aliphatic carbocycles. The maximum absolute atomic E-state index is 12.2. The normalized spacial score (nSPS) is 11.4. The zero-order valence-corrected chi connectivity index (χ0v) is 17.2. The van der Waals surface area contributed by atoms with Crippen LogP contribution in [0.1, 0.15) is 42.1 Å². The van der Waals surface area contributed by atoms with Crippen LogP contribution in [0.15, 0.2) is 78.9 Å². The number of amides is 2. The van der Waals surface area contributed by atoms with Crippen LogP contribution in [0.4, 0.5) is 0 Å². The first-order chi connectivity index (χ1) is 14.6. The van der Waals surface area contributed by atoms with Gasteiger partial charge in [0.25, 0.3) is 11.8 Å². The van der Waals surface area contributed by atoms with Gasteiger partial charge >= 0.3 is 0 Å². The van der Waals surface area contributed by atoms with Crippen LogP contribution in [0.5, 0.6) is 5.75 Å². The second-order valence-electron chi connectivity index (χ2n) is 7.11. The van der Waals surface area contributed by atoms with Crippen LogP contribution >= 0.6 is 0 Å². The van der Waals surface area contributed by atoms with E-state index in [9.17, 15) is 9.59 Å². The molecule has 2 amide bonds. The monoisotopic (exact) mass is 402 g/mol. The average molecular weight is 402 g/mol. The van der Waals surface area contributed by atoms with Crippen LogP contribution in [-0.4, -0.2) is 18.4 Å². The van der Waals surface area contributed by atoms with E-state index in [-0.39, 0.29) is 12.5 Å². The Bertz CT molecular complexity index is 968. The summed E-state index contributed by atoms with van der Waals surface area (Å²) in [6.45, 7) is 4.13. The predicted molar refractivity (Wildman–Crippen MR) is 118 cm³/mol. The average Bonchev–Trinajstić information content (AvgIpc) is 2.81. The van der Waals surface area contributed by atoms with E-state index < -0.39 is 5.91 Å². The first-order valence-electron chi connectivity index (χ1n) is 10.0. The Morgan fingerprint density at radius 1 is 0.833 bits per heavy atom. The first-order valence-corrected chi connectivity index (χ1v) is 10.0. The topological polar surface area (TPSA) is 67.4 Å². The SMILES string of the molecule is CC[C@@H](C)c1ccc(OCC(=O)NNC(=O)c2ccc(-c3ccccc3)cc2)cc1. The molecule has 0 saturated carbocycles. The number of ether oxygens (including phenoxy) is 1. The molecule has 5 heteroatoms. The highest BCUT2D eigenvalue weighted by molar-refractivity contribution is 5.95. The summed E-state index contributed by atoms with van der Waals surface area (Å²) in [6, 6.07) is 24.8. The molecular formula is C25H26N2O3. The highest BCUT2D eigenvalue weighted by atomic mass is 16.5. The van der Waals surface area contributed by atoms with Crippen molar-refractivity contribution >= 4 is 11.8 Å². The van der Waals surface area contributed by atoms with Crippen LogP contribution in [-0.2, 0) is 4.79 Å². The molecule has 0 bridgehead atoms. The van der Waals surface area contributed by atoms with E-state index in [1.165, 1.54) is 5.56 Å². The van der Waals surface area contributed by atoms with Crippen LogP contribution in [0, 0.1) is 0 Å². The van der Waals surface area contributed by atoms with Gasteiger partial charge in [-0.25, -0.2) is 0 Å². The summed E-state index contributed by atoms with van der Waals surface area (Å²) in [5, 5.41) is 0. The molecule has 0 radical (unpaired) electrons. The molecule has 2 N–H and O–H groups in total. The molecule has 30 heavy (non-hydrogen) atoms. The van der Waals surface area contributed by atoms with Gasteiger partial charge in [0, 0.05) is 5.56 Å². The van der Waals surface area contributed by atoms with Crippen molar-refractivity contribution in [3.05, 3.63) is 90.0 Å². The number of nitrogens with one attached hydrogen (secondary N) is 2. The highest BCUT2D eigenvalue weighted by Gasteiger charge is 2.09. The third kappa shape index (κ3) is 5.70. The molecule has 0 heterocycles. The number of hydrogen-bond donors (Lipinski definition) is 2. The van der Waals surface area contributed by atoms with Gasteiger partial charge in [0.2, 0.25) is 0 Å². The lowest BCUT2D eigenvalue weighted by Gasteiger charge is -2.11. The van der Waals surface area contributed by atoms with Crippen molar-refractivity contribution in [1.82, 2.24) is 10.9 Å². The Balaban J connectivity index is 1.45. The fraction of sp³-hybridized carbons (Fsp3) is 0.200. The lowest BCUT2D eigenvalue weighted by Crippen LogP contribution is -2.43. The Kier molecular flexibility index (Phi) is 7.22. The van der Waals surface area contributed by atoms with E-state index in [1.54, 1.807) is 12.1 Å². The van der Waals surface area contributed by atoms with Gasteiger partial charge in [0.05, 0.1) is 0 Å². The lowest BCUT2D eigenvalue weighted by atomic mass is 9.99. The predicted octanol–water partition coefficient (Wildman–Crippen LogP) is 4.71. The van der Waals surface area contributed by atoms with Gasteiger partial charge in [-0.2, -0.15) is 0 Å². The number of carbonyl (C=O) groups excluding carboxylic acids is 2. The van der Waals surface area contributed by atoms with E-state index >= 15 is 0 Å². The standard InChI is InChI=1S/C25H26N2O3/c1-3-18(2)19-13-15-23(16-14-19)30-17-24(28)26-27-25(29)22-11-9-21(10-12-22)20-7-5-4-6-8-20/h4-16,18H,3,17H2,1-2H3,(H,26,28)(H,27,29)/t18-/m1/s1. The maximum atomic E-state index is 12.2. The number of benzene rings is 3. The molecule has 1 atom stereocenters. The fourth-order valence-corrected chi connectivity index (χ4v) is 2.96. The molecule has 3 aromatic carbocycles. The molecule has 154 valence electrons. The van der Waals surface area contributed by atoms with Gasteiger partial charge in [-0.05, 0) is 53.3 Å². The minimum Gasteiger partial charge on any atom is -0.484 e. The highest BCUT2D eigenvalue weighted by Crippen LogP contribution is 2.21. The van der Waals surface area contributed by atoms with Crippen LogP contribution in [0.2, 0.25) is 0 Å². The van der Waals surface area contributed by atoms with E-state index in [0.29, 0.717) is 17.2 Å². The molecule has 0 aliphatic rings. The number of carbonyl (C=O) groups is 2. The first kappa shape index (κ1) is 21.1. The zero-order valence-electron chi connectivity index (χ0n) is 17.2. The molecule has 0 aliphatic heterocycles. The van der Waals surface area contributed by atoms with Gasteiger partial charge in [0.1, 0.15) is 5.75 Å². The molecule has 0 unspecified atom stereocenters. The van der Waals surface area contributed by atoms with E-state index in [2.05, 4.69) is 24.7 Å². The van der Waals surface area contributed by atoms with Crippen LogP contribution < -0.4 is 15.6 Å². The van der Waals surface area contributed by atoms with Crippen molar-refractivity contribution in [1.29, 1.82) is 0 Å². The van der Waals surface area contributed by atoms with Gasteiger partial charge in [-0.1, -0.05) is 68.4 Å². The molecule has 0 saturated heterocycles. The quantitative estimate of drug-likeness (QED) is 0.563. The van der Waals surface area contributed by atoms with Gasteiger partial charge in [-0.3, -0.25) is 20.4 Å². The summed E-state index contributed by atoms with van der Waals surface area (Å²) >= 11 is 0.